The summed E-state index contributed by atoms with van der Waals surface area (Å²) >= 11 is 2.36. The average Bonchev–Trinajstić information content (AvgIpc) is 3.74. The van der Waals surface area contributed by atoms with Crippen molar-refractivity contribution in [1.82, 2.24) is 10.2 Å². The van der Waals surface area contributed by atoms with Gasteiger partial charge in [-0.15, -0.1) is 10.2 Å². The number of aliphatic hydroxyl groups excluding tert-OH is 1. The molecule has 1 aliphatic rings. The first-order chi connectivity index (χ1) is 20.8. The fourth-order valence-electron chi connectivity index (χ4n) is 4.49. The van der Waals surface area contributed by atoms with Gasteiger partial charge in [0.2, 0.25) is 10.9 Å². The van der Waals surface area contributed by atoms with E-state index in [0.717, 1.165) is 17.8 Å². The normalized spacial score (nSPS) is 15.0. The number of rotatable bonds is 13. The molecule has 2 aromatic carbocycles. The molecule has 1 amide bonds. The highest BCUT2D eigenvalue weighted by atomic mass is 32.2. The van der Waals surface area contributed by atoms with Gasteiger partial charge in [-0.3, -0.25) is 14.5 Å². The van der Waals surface area contributed by atoms with E-state index in [-0.39, 0.29) is 22.3 Å². The Bertz CT molecular complexity index is 1640. The molecule has 1 unspecified atom stereocenters. The number of hydrogen-bond acceptors (Lipinski definition) is 10. The molecule has 5 rings (SSSR count). The highest BCUT2D eigenvalue weighted by molar-refractivity contribution is 8.00. The molecular formula is C31H30FN3O6S2. The quantitative estimate of drug-likeness (QED) is 0.0940. The van der Waals surface area contributed by atoms with Crippen molar-refractivity contribution in [3.63, 3.8) is 0 Å². The maximum Gasteiger partial charge on any atom is 0.296 e. The van der Waals surface area contributed by atoms with Crippen molar-refractivity contribution in [2.24, 2.45) is 5.92 Å². The molecule has 9 nitrogen and oxygen atoms in total. The van der Waals surface area contributed by atoms with E-state index >= 15 is 0 Å². The van der Waals surface area contributed by atoms with Crippen molar-refractivity contribution in [1.29, 1.82) is 0 Å². The number of furan rings is 1. The topological polar surface area (TPSA) is 115 Å². The molecule has 4 aromatic rings. The Morgan fingerprint density at radius 1 is 1.14 bits per heavy atom. The van der Waals surface area contributed by atoms with E-state index in [4.69, 9.17) is 13.9 Å². The van der Waals surface area contributed by atoms with Crippen LogP contribution >= 0.6 is 23.1 Å². The third-order valence-electron chi connectivity index (χ3n) is 6.64. The molecule has 0 spiro atoms. The number of hydrogen-bond donors (Lipinski definition) is 1. The summed E-state index contributed by atoms with van der Waals surface area (Å²) in [5.74, 6) is -0.794. The number of nitrogens with zero attached hydrogens (tertiary/aromatic N) is 3. The van der Waals surface area contributed by atoms with E-state index in [1.165, 1.54) is 35.1 Å². The number of ether oxygens (including phenoxy) is 2. The Morgan fingerprint density at radius 3 is 2.67 bits per heavy atom. The minimum absolute atomic E-state index is 0.0294. The third-order valence-corrected chi connectivity index (χ3v) is 8.75. The Labute approximate surface area is 256 Å². The van der Waals surface area contributed by atoms with Crippen LogP contribution in [-0.2, 0) is 10.5 Å². The molecule has 0 saturated heterocycles. The predicted octanol–water partition coefficient (Wildman–Crippen LogP) is 7.17. The summed E-state index contributed by atoms with van der Waals surface area (Å²) < 4.78 is 31.8. The summed E-state index contributed by atoms with van der Waals surface area (Å²) in [6, 6.07) is 13.5. The lowest BCUT2D eigenvalue weighted by atomic mass is 9.95. The van der Waals surface area contributed by atoms with Crippen LogP contribution in [0.3, 0.4) is 0 Å². The van der Waals surface area contributed by atoms with Gasteiger partial charge < -0.3 is 19.0 Å². The molecule has 1 atom stereocenters. The number of aliphatic hydroxyl groups is 1. The zero-order valence-electron chi connectivity index (χ0n) is 23.8. The lowest BCUT2D eigenvalue weighted by Crippen LogP contribution is -2.31. The van der Waals surface area contributed by atoms with Crippen LogP contribution in [0.25, 0.3) is 0 Å². The second-order valence-electron chi connectivity index (χ2n) is 10.0. The fraction of sp³-hybridized carbons (Fsp3) is 0.290. The Balaban J connectivity index is 1.51. The predicted molar refractivity (Wildman–Crippen MR) is 161 cm³/mol. The van der Waals surface area contributed by atoms with Gasteiger partial charge >= 0.3 is 0 Å². The number of aromatic nitrogens is 2. The molecule has 3 heterocycles. The Kier molecular flexibility index (Phi) is 9.46. The number of halogens is 1. The van der Waals surface area contributed by atoms with Crippen LogP contribution in [-0.4, -0.2) is 40.2 Å². The van der Waals surface area contributed by atoms with E-state index < -0.39 is 23.5 Å². The number of ketones is 1. The minimum Gasteiger partial charge on any atom is -0.503 e. The van der Waals surface area contributed by atoms with Gasteiger partial charge in [0.05, 0.1) is 31.1 Å². The molecule has 0 saturated carbocycles. The SMILES string of the molecule is CCOc1cc(C2C(C(=O)c3ccco3)=C(O)C(=O)N2c2nnc(SCc3ccccc3F)s2)ccc1OCCC(C)C. The molecule has 1 aliphatic heterocycles. The fourth-order valence-corrected chi connectivity index (χ4v) is 6.34. The molecule has 0 fully saturated rings. The van der Waals surface area contributed by atoms with Gasteiger partial charge in [-0.2, -0.15) is 0 Å². The second-order valence-corrected chi connectivity index (χ2v) is 12.2. The summed E-state index contributed by atoms with van der Waals surface area (Å²) in [6.45, 7) is 6.90. The van der Waals surface area contributed by atoms with Gasteiger partial charge in [0, 0.05) is 5.75 Å². The van der Waals surface area contributed by atoms with Gasteiger partial charge in [-0.25, -0.2) is 4.39 Å². The summed E-state index contributed by atoms with van der Waals surface area (Å²) in [5, 5.41) is 19.6. The van der Waals surface area contributed by atoms with Gasteiger partial charge in [0.1, 0.15) is 5.82 Å². The van der Waals surface area contributed by atoms with Crippen LogP contribution < -0.4 is 14.4 Å². The molecule has 0 aliphatic carbocycles. The highest BCUT2D eigenvalue weighted by Crippen LogP contribution is 2.45. The Morgan fingerprint density at radius 2 is 1.95 bits per heavy atom. The van der Waals surface area contributed by atoms with Gasteiger partial charge in [-0.1, -0.05) is 61.2 Å². The van der Waals surface area contributed by atoms with Crippen LogP contribution in [0, 0.1) is 11.7 Å². The summed E-state index contributed by atoms with van der Waals surface area (Å²) in [6.07, 6.45) is 2.19. The van der Waals surface area contributed by atoms with Crippen molar-refractivity contribution >= 4 is 39.9 Å². The standard InChI is InChI=1S/C31H30FN3O6S2/c1-4-39-24-16-19(11-12-22(24)41-15-13-18(2)3)26-25(27(36)23-10-7-14-40-23)28(37)29(38)35(26)30-33-34-31(43-30)42-17-20-8-5-6-9-21(20)32/h5-12,14,16,18,26,37H,4,13,15,17H2,1-3H3. The van der Waals surface area contributed by atoms with E-state index in [9.17, 15) is 19.1 Å². The third kappa shape index (κ3) is 6.60. The lowest BCUT2D eigenvalue weighted by Gasteiger charge is -2.25. The largest absolute Gasteiger partial charge is 0.503 e. The van der Waals surface area contributed by atoms with E-state index in [0.29, 0.717) is 51.9 Å². The highest BCUT2D eigenvalue weighted by Gasteiger charge is 2.47. The summed E-state index contributed by atoms with van der Waals surface area (Å²) in [4.78, 5) is 28.4. The number of thioether (sulfide) groups is 1. The van der Waals surface area contributed by atoms with Gasteiger partial charge in [0.25, 0.3) is 5.91 Å². The van der Waals surface area contributed by atoms with Crippen LogP contribution in [0.2, 0.25) is 0 Å². The first-order valence-electron chi connectivity index (χ1n) is 13.7. The molecule has 1 N–H and O–H groups in total. The van der Waals surface area contributed by atoms with E-state index in [2.05, 4.69) is 24.0 Å². The van der Waals surface area contributed by atoms with Crippen molar-refractivity contribution in [3.8, 4) is 11.5 Å². The van der Waals surface area contributed by atoms with Crippen LogP contribution in [0.5, 0.6) is 11.5 Å². The number of Topliss-reactive ketones (excluding diaryl/α,β-unsaturated/α-hetero) is 1. The number of anilines is 1. The first-order valence-corrected chi connectivity index (χ1v) is 15.5. The van der Waals surface area contributed by atoms with Crippen molar-refractivity contribution < 1.29 is 33.0 Å². The molecule has 43 heavy (non-hydrogen) atoms. The molecule has 0 bridgehead atoms. The molecule has 0 radical (unpaired) electrons. The molecular weight excluding hydrogens is 593 g/mol. The average molecular weight is 624 g/mol. The zero-order valence-corrected chi connectivity index (χ0v) is 25.4. The Hall–Kier alpha value is -4.16. The van der Waals surface area contributed by atoms with E-state index in [1.54, 1.807) is 42.5 Å². The van der Waals surface area contributed by atoms with Crippen LogP contribution in [0.1, 0.15) is 54.9 Å². The molecule has 224 valence electrons. The summed E-state index contributed by atoms with van der Waals surface area (Å²) in [5.41, 5.74) is 0.832. The smallest absolute Gasteiger partial charge is 0.296 e. The minimum atomic E-state index is -1.06. The second kappa shape index (κ2) is 13.4. The summed E-state index contributed by atoms with van der Waals surface area (Å²) in [7, 11) is 0. The lowest BCUT2D eigenvalue weighted by molar-refractivity contribution is -0.117. The van der Waals surface area contributed by atoms with Crippen LogP contribution in [0.4, 0.5) is 9.52 Å². The maximum atomic E-state index is 14.1. The number of benzene rings is 2. The van der Waals surface area contributed by atoms with Crippen molar-refractivity contribution in [3.05, 3.63) is 94.9 Å². The number of carbonyl (C=O) groups excluding carboxylic acids is 2. The zero-order chi connectivity index (χ0) is 30.5. The van der Waals surface area contributed by atoms with Crippen LogP contribution in [0.15, 0.2) is 80.9 Å². The number of amides is 1. The van der Waals surface area contributed by atoms with Crippen molar-refractivity contribution in [2.45, 2.75) is 43.3 Å². The van der Waals surface area contributed by atoms with E-state index in [1.807, 2.05) is 6.92 Å². The first kappa shape index (κ1) is 30.3. The monoisotopic (exact) mass is 623 g/mol. The maximum absolute atomic E-state index is 14.1. The van der Waals surface area contributed by atoms with Gasteiger partial charge in [-0.05, 0) is 60.7 Å². The number of carbonyl (C=O) groups is 2. The van der Waals surface area contributed by atoms with Gasteiger partial charge in [0.15, 0.2) is 27.4 Å². The van der Waals surface area contributed by atoms with Crippen molar-refractivity contribution in [2.75, 3.05) is 18.1 Å². The molecule has 12 heteroatoms. The molecule has 2 aromatic heterocycles.